The average molecular weight is 783 g/mol. The first-order chi connectivity index (χ1) is 25.7. The quantitative estimate of drug-likeness (QED) is 0.0635. The molecule has 53 heavy (non-hydrogen) atoms. The molecule has 1 saturated heterocycles. The van der Waals surface area contributed by atoms with Gasteiger partial charge in [-0.15, -0.1) is 0 Å². The van der Waals surface area contributed by atoms with Crippen molar-refractivity contribution in [2.75, 3.05) is 53.2 Å². The van der Waals surface area contributed by atoms with Crippen LogP contribution in [0.4, 0.5) is 0 Å². The lowest BCUT2D eigenvalue weighted by Gasteiger charge is -2.37. The van der Waals surface area contributed by atoms with Crippen LogP contribution in [0.2, 0.25) is 12.6 Å². The summed E-state index contributed by atoms with van der Waals surface area (Å²) in [4.78, 5) is 0. The van der Waals surface area contributed by atoms with E-state index >= 15 is 0 Å². The van der Waals surface area contributed by atoms with Crippen LogP contribution in [-0.4, -0.2) is 112 Å². The monoisotopic (exact) mass is 782 g/mol. The Balaban J connectivity index is 1.57. The number of aliphatic hydroxyl groups excluding tert-OH is 4. The maximum atomic E-state index is 10.6. The Morgan fingerprint density at radius 3 is 1.40 bits per heavy atom. The van der Waals surface area contributed by atoms with Gasteiger partial charge in [0.15, 0.2) is 6.29 Å². The Morgan fingerprint density at radius 2 is 1.04 bits per heavy atom. The summed E-state index contributed by atoms with van der Waals surface area (Å²) in [5, 5.41) is 45.3. The zero-order valence-corrected chi connectivity index (χ0v) is 33.8. The maximum absolute atomic E-state index is 10.6. The van der Waals surface area contributed by atoms with Gasteiger partial charge in [-0.25, -0.2) is 0 Å². The molecule has 0 spiro atoms. The molecular weight excluding hydrogens is 730 g/mol. The maximum Gasteiger partial charge on any atom is 0.184 e. The molecule has 4 aromatic carbocycles. The van der Waals surface area contributed by atoms with E-state index in [4.69, 9.17) is 28.4 Å². The molecule has 0 bridgehead atoms. The minimum absolute atomic E-state index is 0.261. The molecule has 5 atom stereocenters. The summed E-state index contributed by atoms with van der Waals surface area (Å²) in [6.07, 6.45) is -5.55. The van der Waals surface area contributed by atoms with E-state index in [1.54, 1.807) is 28.4 Å². The van der Waals surface area contributed by atoms with Crippen molar-refractivity contribution in [3.63, 3.8) is 0 Å². The zero-order chi connectivity index (χ0) is 38.0. The Bertz CT molecular complexity index is 1550. The summed E-state index contributed by atoms with van der Waals surface area (Å²) >= 11 is 0. The van der Waals surface area contributed by atoms with Gasteiger partial charge in [0.05, 0.1) is 43.1 Å². The molecular formula is C40H52O10P2Si. The Hall–Kier alpha value is -3.08. The highest BCUT2D eigenvalue weighted by atomic mass is 31.1. The Kier molecular flexibility index (Phi) is 15.1. The van der Waals surface area contributed by atoms with Gasteiger partial charge in [0, 0.05) is 27.8 Å². The van der Waals surface area contributed by atoms with Crippen LogP contribution in [0.3, 0.4) is 0 Å². The molecule has 5 rings (SSSR count). The molecule has 0 radical (unpaired) electrons. The standard InChI is InChI=1S/C40H52O10P2Si/c1-45-29-15-6-10-19-33(29)51(34-20-11-7-16-30(34)46-2)26-53(5,24-14-23-49-39-37(43)40(44)50-38(39)28(42)25-41)27-52(35-21-12-8-17-31(35)47-3)36-22-13-9-18-32(36)48-4/h6-13,15-22,28,37-44H,14,23-27H2,1-5H3. The lowest BCUT2D eigenvalue weighted by molar-refractivity contribution is -0.151. The fourth-order valence-electron chi connectivity index (χ4n) is 6.98. The number of ether oxygens (including phenoxy) is 6. The largest absolute Gasteiger partial charge is 0.496 e. The van der Waals surface area contributed by atoms with E-state index < -0.39 is 61.2 Å². The average Bonchev–Trinajstić information content (AvgIpc) is 3.49. The fraction of sp³-hybridized carbons (Fsp3) is 0.400. The first kappa shape index (κ1) is 41.1. The van der Waals surface area contributed by atoms with Gasteiger partial charge in [-0.2, -0.15) is 0 Å². The minimum Gasteiger partial charge on any atom is -0.496 e. The first-order valence-corrected chi connectivity index (χ1v) is 23.8. The zero-order valence-electron chi connectivity index (χ0n) is 31.0. The number of para-hydroxylation sites is 4. The molecule has 4 aromatic rings. The molecule has 0 aliphatic carbocycles. The Labute approximate surface area is 316 Å². The highest BCUT2D eigenvalue weighted by molar-refractivity contribution is 7.78. The summed E-state index contributed by atoms with van der Waals surface area (Å²) in [6.45, 7) is 2.14. The van der Waals surface area contributed by atoms with E-state index in [-0.39, 0.29) is 6.61 Å². The summed E-state index contributed by atoms with van der Waals surface area (Å²) in [7, 11) is 2.51. The second kappa shape index (κ2) is 19.5. The van der Waals surface area contributed by atoms with Crippen molar-refractivity contribution >= 4 is 45.1 Å². The molecule has 0 aromatic heterocycles. The van der Waals surface area contributed by atoms with Crippen molar-refractivity contribution in [1.29, 1.82) is 0 Å². The highest BCUT2D eigenvalue weighted by Crippen LogP contribution is 2.49. The van der Waals surface area contributed by atoms with E-state index in [0.717, 1.165) is 61.8 Å². The number of methoxy groups -OCH3 is 4. The van der Waals surface area contributed by atoms with Crippen molar-refractivity contribution in [2.45, 2.75) is 49.7 Å². The van der Waals surface area contributed by atoms with Gasteiger partial charge in [0.25, 0.3) is 0 Å². The van der Waals surface area contributed by atoms with Crippen LogP contribution >= 0.6 is 15.8 Å². The molecule has 1 fully saturated rings. The van der Waals surface area contributed by atoms with Crippen LogP contribution in [0.5, 0.6) is 23.0 Å². The summed E-state index contributed by atoms with van der Waals surface area (Å²) < 4.78 is 35.4. The lowest BCUT2D eigenvalue weighted by atomic mass is 10.1. The third kappa shape index (κ3) is 9.78. The van der Waals surface area contributed by atoms with E-state index in [2.05, 4.69) is 55.1 Å². The molecule has 1 aliphatic heterocycles. The topological polar surface area (TPSA) is 136 Å². The van der Waals surface area contributed by atoms with Crippen LogP contribution < -0.4 is 40.2 Å². The SMILES string of the molecule is COc1ccccc1P(C[Si](C)(CCCOC1C(O)C(O)OC1C(O)CO)CP(c1ccccc1OC)c1ccccc1OC)c1ccccc1OC. The van der Waals surface area contributed by atoms with Gasteiger partial charge >= 0.3 is 0 Å². The van der Waals surface area contributed by atoms with Gasteiger partial charge < -0.3 is 48.8 Å². The molecule has 286 valence electrons. The van der Waals surface area contributed by atoms with Crippen molar-refractivity contribution in [3.8, 4) is 23.0 Å². The summed E-state index contributed by atoms with van der Waals surface area (Å²) in [5.74, 6) is 5.16. The summed E-state index contributed by atoms with van der Waals surface area (Å²) in [6, 6.07) is 33.8. The number of benzene rings is 4. The van der Waals surface area contributed by atoms with Gasteiger partial charge in [-0.3, -0.25) is 0 Å². The molecule has 13 heteroatoms. The predicted octanol–water partition coefficient (Wildman–Crippen LogP) is 3.65. The van der Waals surface area contributed by atoms with Crippen LogP contribution in [0.15, 0.2) is 97.1 Å². The molecule has 0 amide bonds. The number of rotatable bonds is 19. The minimum atomic E-state index is -2.38. The van der Waals surface area contributed by atoms with Gasteiger partial charge in [0.1, 0.15) is 47.4 Å². The van der Waals surface area contributed by atoms with Crippen molar-refractivity contribution < 1.29 is 48.8 Å². The van der Waals surface area contributed by atoms with E-state index in [1.165, 1.54) is 0 Å². The lowest BCUT2D eigenvalue weighted by Crippen LogP contribution is -2.44. The highest BCUT2D eigenvalue weighted by Gasteiger charge is 2.47. The third-order valence-electron chi connectivity index (χ3n) is 9.63. The van der Waals surface area contributed by atoms with Gasteiger partial charge in [-0.1, -0.05) is 85.4 Å². The first-order valence-electron chi connectivity index (χ1n) is 17.7. The molecule has 1 aliphatic rings. The summed E-state index contributed by atoms with van der Waals surface area (Å²) in [5.41, 5.74) is 0. The molecule has 1 heterocycles. The number of aliphatic hydroxyl groups is 4. The predicted molar refractivity (Wildman–Crippen MR) is 215 cm³/mol. The van der Waals surface area contributed by atoms with Crippen LogP contribution in [0, 0.1) is 0 Å². The van der Waals surface area contributed by atoms with E-state index in [9.17, 15) is 20.4 Å². The van der Waals surface area contributed by atoms with Crippen molar-refractivity contribution in [2.24, 2.45) is 0 Å². The molecule has 4 N–H and O–H groups in total. The number of hydrogen-bond donors (Lipinski definition) is 4. The normalized spacial score (nSPS) is 19.4. The van der Waals surface area contributed by atoms with E-state index in [0.29, 0.717) is 6.42 Å². The molecule has 5 unspecified atom stereocenters. The molecule has 10 nitrogen and oxygen atoms in total. The van der Waals surface area contributed by atoms with Crippen molar-refractivity contribution in [3.05, 3.63) is 97.1 Å². The van der Waals surface area contributed by atoms with Gasteiger partial charge in [0.2, 0.25) is 0 Å². The fourth-order valence-corrected chi connectivity index (χ4v) is 22.7. The van der Waals surface area contributed by atoms with Gasteiger partial charge in [-0.05, 0) is 58.1 Å². The van der Waals surface area contributed by atoms with Crippen LogP contribution in [0.1, 0.15) is 6.42 Å². The van der Waals surface area contributed by atoms with Crippen molar-refractivity contribution in [1.82, 2.24) is 0 Å². The second-order valence-electron chi connectivity index (χ2n) is 13.3. The third-order valence-corrected chi connectivity index (χ3v) is 23.6. The van der Waals surface area contributed by atoms with Crippen LogP contribution in [-0.2, 0) is 9.47 Å². The number of hydrogen-bond acceptors (Lipinski definition) is 10. The van der Waals surface area contributed by atoms with E-state index in [1.807, 2.05) is 48.5 Å². The smallest absolute Gasteiger partial charge is 0.184 e. The second-order valence-corrected chi connectivity index (χ2v) is 23.6. The Morgan fingerprint density at radius 1 is 0.660 bits per heavy atom. The molecule has 0 saturated carbocycles. The van der Waals surface area contributed by atoms with Crippen LogP contribution in [0.25, 0.3) is 0 Å².